The van der Waals surface area contributed by atoms with E-state index >= 15 is 0 Å². The molecule has 1 aliphatic carbocycles. The summed E-state index contributed by atoms with van der Waals surface area (Å²) in [6.45, 7) is 6.10. The molecule has 0 unspecified atom stereocenters. The number of ether oxygens (including phenoxy) is 2. The lowest BCUT2D eigenvalue weighted by molar-refractivity contribution is -0.131. The van der Waals surface area contributed by atoms with Gasteiger partial charge < -0.3 is 25.0 Å². The Morgan fingerprint density at radius 1 is 1.07 bits per heavy atom. The van der Waals surface area contributed by atoms with Crippen LogP contribution >= 0.6 is 0 Å². The zero-order valence-electron chi connectivity index (χ0n) is 17.1. The Hall–Kier alpha value is -2.77. The summed E-state index contributed by atoms with van der Waals surface area (Å²) < 4.78 is 10.5. The smallest absolute Gasteiger partial charge is 0.407 e. The number of likely N-dealkylation sites (tertiary alicyclic amines) is 1. The van der Waals surface area contributed by atoms with Crippen LogP contribution in [0.15, 0.2) is 30.3 Å². The van der Waals surface area contributed by atoms with E-state index in [1.54, 1.807) is 4.90 Å². The van der Waals surface area contributed by atoms with E-state index < -0.39 is 17.8 Å². The summed E-state index contributed by atoms with van der Waals surface area (Å²) in [7, 11) is 0. The summed E-state index contributed by atoms with van der Waals surface area (Å²) in [5.74, 6) is 0.0130. The third kappa shape index (κ3) is 6.10. The van der Waals surface area contributed by atoms with Crippen molar-refractivity contribution < 1.29 is 23.9 Å². The number of carbonyl (C=O) groups is 3. The average molecular weight is 403 g/mol. The molecule has 158 valence electrons. The Labute approximate surface area is 170 Å². The summed E-state index contributed by atoms with van der Waals surface area (Å²) >= 11 is 0. The summed E-state index contributed by atoms with van der Waals surface area (Å²) in [4.78, 5) is 37.9. The molecule has 1 aromatic rings. The number of benzene rings is 1. The topological polar surface area (TPSA) is 97.0 Å². The fraction of sp³-hybridized carbons (Fsp3) is 0.571. The van der Waals surface area contributed by atoms with Crippen molar-refractivity contribution in [2.24, 2.45) is 0 Å². The monoisotopic (exact) mass is 403 g/mol. The van der Waals surface area contributed by atoms with Gasteiger partial charge in [-0.15, -0.1) is 0 Å². The van der Waals surface area contributed by atoms with Gasteiger partial charge in [0.15, 0.2) is 0 Å². The lowest BCUT2D eigenvalue weighted by Gasteiger charge is -2.41. The predicted molar refractivity (Wildman–Crippen MR) is 106 cm³/mol. The van der Waals surface area contributed by atoms with Crippen LogP contribution in [0.3, 0.4) is 0 Å². The second kappa shape index (κ2) is 8.71. The Bertz CT molecular complexity index is 740. The average Bonchev–Trinajstić information content (AvgIpc) is 2.95. The van der Waals surface area contributed by atoms with Crippen LogP contribution in [0.5, 0.6) is 0 Å². The Morgan fingerprint density at radius 2 is 1.72 bits per heavy atom. The van der Waals surface area contributed by atoms with E-state index in [9.17, 15) is 14.4 Å². The highest BCUT2D eigenvalue weighted by Gasteiger charge is 2.42. The van der Waals surface area contributed by atoms with E-state index in [0.717, 1.165) is 5.56 Å². The van der Waals surface area contributed by atoms with E-state index in [1.807, 2.05) is 51.1 Å². The molecule has 3 rings (SSSR count). The molecule has 0 spiro atoms. The van der Waals surface area contributed by atoms with Gasteiger partial charge in [0.25, 0.3) is 0 Å². The maximum atomic E-state index is 12.3. The Morgan fingerprint density at radius 3 is 2.38 bits per heavy atom. The standard InChI is InChI=1S/C21H29N3O5/c1-21(2,3)29-20(27)22-15-9-17(10-15)24-12-16(11-18(24)25)23-19(26)28-13-14-7-5-4-6-8-14/h4-8,15-17H,9-13H2,1-3H3,(H,22,27)(H,23,26)/t15-,16-,17-/m0/s1. The molecule has 2 aliphatic rings. The van der Waals surface area contributed by atoms with Crippen molar-refractivity contribution in [3.63, 3.8) is 0 Å². The molecule has 2 N–H and O–H groups in total. The first-order valence-corrected chi connectivity index (χ1v) is 9.96. The van der Waals surface area contributed by atoms with E-state index in [4.69, 9.17) is 9.47 Å². The highest BCUT2D eigenvalue weighted by molar-refractivity contribution is 5.81. The van der Waals surface area contributed by atoms with E-state index in [1.165, 1.54) is 0 Å². The quantitative estimate of drug-likeness (QED) is 0.788. The number of amides is 3. The van der Waals surface area contributed by atoms with Crippen molar-refractivity contribution in [3.05, 3.63) is 35.9 Å². The van der Waals surface area contributed by atoms with Crippen LogP contribution in [-0.4, -0.2) is 53.3 Å². The molecule has 8 heteroatoms. The van der Waals surface area contributed by atoms with Crippen LogP contribution in [0.25, 0.3) is 0 Å². The molecule has 1 saturated carbocycles. The summed E-state index contributed by atoms with van der Waals surface area (Å²) in [6.07, 6.45) is 0.689. The second-order valence-corrected chi connectivity index (χ2v) is 8.62. The molecule has 0 radical (unpaired) electrons. The van der Waals surface area contributed by atoms with Crippen molar-refractivity contribution in [1.82, 2.24) is 15.5 Å². The molecule has 1 aromatic carbocycles. The molecule has 0 aromatic heterocycles. The Kier molecular flexibility index (Phi) is 6.30. The van der Waals surface area contributed by atoms with Crippen molar-refractivity contribution in [1.29, 1.82) is 0 Å². The lowest BCUT2D eigenvalue weighted by atomic mass is 9.85. The van der Waals surface area contributed by atoms with Gasteiger partial charge in [0.1, 0.15) is 12.2 Å². The van der Waals surface area contributed by atoms with Gasteiger partial charge in [0.2, 0.25) is 5.91 Å². The number of rotatable bonds is 5. The zero-order chi connectivity index (χ0) is 21.0. The maximum absolute atomic E-state index is 12.3. The van der Waals surface area contributed by atoms with E-state index in [2.05, 4.69) is 10.6 Å². The van der Waals surface area contributed by atoms with Crippen LogP contribution in [0.1, 0.15) is 45.6 Å². The number of carbonyl (C=O) groups excluding carboxylic acids is 3. The lowest BCUT2D eigenvalue weighted by Crippen LogP contribution is -2.55. The van der Waals surface area contributed by atoms with E-state index in [-0.39, 0.29) is 37.1 Å². The van der Waals surface area contributed by atoms with Crippen LogP contribution in [0, 0.1) is 0 Å². The minimum atomic E-state index is -0.536. The minimum Gasteiger partial charge on any atom is -0.445 e. The fourth-order valence-electron chi connectivity index (χ4n) is 3.55. The number of nitrogens with zero attached hydrogens (tertiary/aromatic N) is 1. The molecule has 1 atom stereocenters. The molecule has 1 saturated heterocycles. The van der Waals surface area contributed by atoms with Crippen molar-refractivity contribution in [2.45, 2.75) is 70.4 Å². The van der Waals surface area contributed by atoms with Gasteiger partial charge in [-0.25, -0.2) is 9.59 Å². The van der Waals surface area contributed by atoms with Gasteiger partial charge in [-0.3, -0.25) is 4.79 Å². The first-order valence-electron chi connectivity index (χ1n) is 9.96. The highest BCUT2D eigenvalue weighted by atomic mass is 16.6. The van der Waals surface area contributed by atoms with Gasteiger partial charge in [-0.05, 0) is 39.2 Å². The predicted octanol–water partition coefficient (Wildman–Crippen LogP) is 2.57. The molecular formula is C21H29N3O5. The first-order chi connectivity index (χ1) is 13.7. The maximum Gasteiger partial charge on any atom is 0.407 e. The SMILES string of the molecule is CC(C)(C)OC(=O)N[C@H]1C[C@H](N2C[C@@H](NC(=O)OCc3ccccc3)CC2=O)C1. The van der Waals surface area contributed by atoms with Crippen LogP contribution < -0.4 is 10.6 Å². The van der Waals surface area contributed by atoms with Crippen LogP contribution in [0.4, 0.5) is 9.59 Å². The van der Waals surface area contributed by atoms with Crippen molar-refractivity contribution >= 4 is 18.1 Å². The fourth-order valence-corrected chi connectivity index (χ4v) is 3.55. The molecule has 1 heterocycles. The number of nitrogens with one attached hydrogen (secondary N) is 2. The summed E-state index contributed by atoms with van der Waals surface area (Å²) in [5, 5.41) is 5.60. The summed E-state index contributed by atoms with van der Waals surface area (Å²) in [5.41, 5.74) is 0.372. The van der Waals surface area contributed by atoms with Gasteiger partial charge in [0.05, 0.1) is 6.04 Å². The highest BCUT2D eigenvalue weighted by Crippen LogP contribution is 2.29. The molecular weight excluding hydrogens is 374 g/mol. The van der Waals surface area contributed by atoms with Gasteiger partial charge in [-0.1, -0.05) is 30.3 Å². The van der Waals surface area contributed by atoms with Crippen molar-refractivity contribution in [2.75, 3.05) is 6.54 Å². The van der Waals surface area contributed by atoms with Crippen LogP contribution in [0.2, 0.25) is 0 Å². The summed E-state index contributed by atoms with van der Waals surface area (Å²) in [6, 6.07) is 9.25. The van der Waals surface area contributed by atoms with Crippen LogP contribution in [-0.2, 0) is 20.9 Å². The molecule has 2 fully saturated rings. The third-order valence-electron chi connectivity index (χ3n) is 4.97. The Balaban J connectivity index is 1.37. The normalized spacial score (nSPS) is 23.9. The molecule has 1 aliphatic heterocycles. The van der Waals surface area contributed by atoms with Gasteiger partial charge in [0, 0.05) is 25.0 Å². The third-order valence-corrected chi connectivity index (χ3v) is 4.97. The molecule has 0 bridgehead atoms. The second-order valence-electron chi connectivity index (χ2n) is 8.62. The van der Waals surface area contributed by atoms with Gasteiger partial charge >= 0.3 is 12.2 Å². The largest absolute Gasteiger partial charge is 0.445 e. The number of hydrogen-bond donors (Lipinski definition) is 2. The molecule has 8 nitrogen and oxygen atoms in total. The number of hydrogen-bond acceptors (Lipinski definition) is 5. The number of alkyl carbamates (subject to hydrolysis) is 2. The van der Waals surface area contributed by atoms with Crippen molar-refractivity contribution in [3.8, 4) is 0 Å². The van der Waals surface area contributed by atoms with E-state index in [0.29, 0.717) is 19.4 Å². The zero-order valence-corrected chi connectivity index (χ0v) is 17.1. The minimum absolute atomic E-state index is 0.00509. The molecule has 29 heavy (non-hydrogen) atoms. The molecule has 3 amide bonds. The first kappa shape index (κ1) is 21.0. The van der Waals surface area contributed by atoms with Gasteiger partial charge in [-0.2, -0.15) is 0 Å².